The van der Waals surface area contributed by atoms with Gasteiger partial charge in [0.15, 0.2) is 5.69 Å². The summed E-state index contributed by atoms with van der Waals surface area (Å²) in [5, 5.41) is 2.61. The lowest BCUT2D eigenvalue weighted by molar-refractivity contribution is -0.142. The lowest BCUT2D eigenvalue weighted by atomic mass is 10.2. The lowest BCUT2D eigenvalue weighted by Crippen LogP contribution is -2.34. The van der Waals surface area contributed by atoms with Crippen molar-refractivity contribution in [2.45, 2.75) is 37.8 Å². The first-order valence-corrected chi connectivity index (χ1v) is 8.50. The van der Waals surface area contributed by atoms with E-state index in [1.165, 1.54) is 0 Å². The van der Waals surface area contributed by atoms with Gasteiger partial charge in [0, 0.05) is 19.3 Å². The first-order chi connectivity index (χ1) is 13.3. The van der Waals surface area contributed by atoms with Crippen LogP contribution in [0.4, 0.5) is 30.7 Å². The van der Waals surface area contributed by atoms with Gasteiger partial charge in [-0.15, -0.1) is 0 Å². The largest absolute Gasteiger partial charge is 0.436 e. The van der Waals surface area contributed by atoms with Gasteiger partial charge < -0.3 is 4.90 Å². The SMILES string of the molecule is Cn1nc(C(F)(F)F)c(C(=O)N(Cc2ncc(C(F)(F)F)cc2Cl)C2CC2)c1F. The van der Waals surface area contributed by atoms with Crippen molar-refractivity contribution in [3.05, 3.63) is 45.7 Å². The third-order valence-electron chi connectivity index (χ3n) is 4.27. The number of hydrogen-bond donors (Lipinski definition) is 0. The van der Waals surface area contributed by atoms with Gasteiger partial charge in [0.2, 0.25) is 5.95 Å². The van der Waals surface area contributed by atoms with Crippen LogP contribution in [0.15, 0.2) is 12.3 Å². The number of amides is 1. The number of carbonyl (C=O) groups excluding carboxylic acids is 1. The second kappa shape index (κ2) is 7.15. The van der Waals surface area contributed by atoms with E-state index in [0.29, 0.717) is 29.8 Å². The van der Waals surface area contributed by atoms with Crippen molar-refractivity contribution >= 4 is 17.5 Å². The van der Waals surface area contributed by atoms with Gasteiger partial charge in [-0.25, -0.2) is 4.68 Å². The van der Waals surface area contributed by atoms with Crippen molar-refractivity contribution in [2.75, 3.05) is 0 Å². The second-order valence-electron chi connectivity index (χ2n) is 6.45. The van der Waals surface area contributed by atoms with Crippen LogP contribution in [0.2, 0.25) is 5.02 Å². The number of aryl methyl sites for hydroxylation is 1. The zero-order chi connectivity index (χ0) is 21.7. The Balaban J connectivity index is 1.96. The quantitative estimate of drug-likeness (QED) is 0.655. The zero-order valence-electron chi connectivity index (χ0n) is 14.6. The molecule has 0 bridgehead atoms. The molecule has 158 valence electrons. The average Bonchev–Trinajstić information content (AvgIpc) is 3.38. The summed E-state index contributed by atoms with van der Waals surface area (Å²) in [7, 11) is 0.914. The maximum atomic E-state index is 14.2. The Hall–Kier alpha value is -2.37. The van der Waals surface area contributed by atoms with Gasteiger partial charge in [-0.1, -0.05) is 11.6 Å². The van der Waals surface area contributed by atoms with E-state index >= 15 is 0 Å². The van der Waals surface area contributed by atoms with Gasteiger partial charge in [0.25, 0.3) is 5.91 Å². The molecular formula is C16H12ClF7N4O. The minimum Gasteiger partial charge on any atom is -0.329 e. The first-order valence-electron chi connectivity index (χ1n) is 8.13. The van der Waals surface area contributed by atoms with Crippen LogP contribution in [0.25, 0.3) is 0 Å². The van der Waals surface area contributed by atoms with Crippen LogP contribution in [-0.4, -0.2) is 31.6 Å². The third kappa shape index (κ3) is 4.31. The number of rotatable bonds is 4. The molecule has 0 aromatic carbocycles. The van der Waals surface area contributed by atoms with Gasteiger partial charge >= 0.3 is 12.4 Å². The summed E-state index contributed by atoms with van der Waals surface area (Å²) < 4.78 is 92.3. The molecule has 0 radical (unpaired) electrons. The molecule has 29 heavy (non-hydrogen) atoms. The van der Waals surface area contributed by atoms with E-state index in [1.54, 1.807) is 0 Å². The molecule has 0 saturated heterocycles. The molecule has 0 unspecified atom stereocenters. The van der Waals surface area contributed by atoms with Crippen molar-refractivity contribution < 1.29 is 35.5 Å². The fraction of sp³-hybridized carbons (Fsp3) is 0.438. The minimum absolute atomic E-state index is 0.155. The molecular weight excluding hydrogens is 433 g/mol. The predicted molar refractivity (Wildman–Crippen MR) is 85.3 cm³/mol. The number of nitrogens with zero attached hydrogens (tertiary/aromatic N) is 4. The molecule has 2 aromatic rings. The lowest BCUT2D eigenvalue weighted by Gasteiger charge is -2.23. The zero-order valence-corrected chi connectivity index (χ0v) is 15.3. The van der Waals surface area contributed by atoms with Crippen molar-refractivity contribution in [1.82, 2.24) is 19.7 Å². The maximum absolute atomic E-state index is 14.2. The van der Waals surface area contributed by atoms with E-state index in [1.807, 2.05) is 0 Å². The van der Waals surface area contributed by atoms with Crippen LogP contribution in [0, 0.1) is 5.95 Å². The highest BCUT2D eigenvalue weighted by atomic mass is 35.5. The number of aromatic nitrogens is 3. The highest BCUT2D eigenvalue weighted by Gasteiger charge is 2.45. The van der Waals surface area contributed by atoms with Gasteiger partial charge in [0.05, 0.1) is 22.8 Å². The molecule has 0 aliphatic heterocycles. The van der Waals surface area contributed by atoms with Gasteiger partial charge in [0.1, 0.15) is 5.56 Å². The van der Waals surface area contributed by atoms with Crippen LogP contribution < -0.4 is 0 Å². The number of pyridine rings is 1. The van der Waals surface area contributed by atoms with E-state index in [0.717, 1.165) is 11.9 Å². The van der Waals surface area contributed by atoms with Crippen molar-refractivity contribution in [2.24, 2.45) is 7.05 Å². The Labute approximate surface area is 164 Å². The Morgan fingerprint density at radius 3 is 2.34 bits per heavy atom. The third-order valence-corrected chi connectivity index (χ3v) is 4.60. The molecule has 1 aliphatic carbocycles. The van der Waals surface area contributed by atoms with E-state index in [-0.39, 0.29) is 5.69 Å². The molecule has 0 spiro atoms. The molecule has 3 rings (SSSR count). The monoisotopic (exact) mass is 444 g/mol. The maximum Gasteiger partial charge on any atom is 0.436 e. The molecule has 1 saturated carbocycles. The molecule has 2 aromatic heterocycles. The summed E-state index contributed by atoms with van der Waals surface area (Å²) in [5.74, 6) is -2.76. The molecule has 5 nitrogen and oxygen atoms in total. The van der Waals surface area contributed by atoms with Gasteiger partial charge in [-0.05, 0) is 18.9 Å². The Morgan fingerprint density at radius 2 is 1.86 bits per heavy atom. The molecule has 1 amide bonds. The van der Waals surface area contributed by atoms with E-state index in [2.05, 4.69) is 10.1 Å². The molecule has 1 aliphatic rings. The summed E-state index contributed by atoms with van der Waals surface area (Å²) in [5.41, 5.74) is -4.21. The summed E-state index contributed by atoms with van der Waals surface area (Å²) in [6.07, 6.45) is -8.39. The van der Waals surface area contributed by atoms with Crippen molar-refractivity contribution in [3.8, 4) is 0 Å². The number of carbonyl (C=O) groups is 1. The fourth-order valence-electron chi connectivity index (χ4n) is 2.69. The Bertz CT molecular complexity index is 950. The summed E-state index contributed by atoms with van der Waals surface area (Å²) >= 11 is 5.82. The smallest absolute Gasteiger partial charge is 0.329 e. The fourth-order valence-corrected chi connectivity index (χ4v) is 2.91. The highest BCUT2D eigenvalue weighted by Crippen LogP contribution is 2.37. The van der Waals surface area contributed by atoms with Crippen LogP contribution in [0.1, 0.15) is 40.2 Å². The summed E-state index contributed by atoms with van der Waals surface area (Å²) in [6.45, 7) is -0.480. The number of hydrogen-bond acceptors (Lipinski definition) is 3. The minimum atomic E-state index is -5.08. The molecule has 0 N–H and O–H groups in total. The first kappa shape index (κ1) is 21.3. The Kier molecular flexibility index (Phi) is 5.26. The molecule has 0 atom stereocenters. The predicted octanol–water partition coefficient (Wildman–Crippen LogP) is 4.45. The van der Waals surface area contributed by atoms with Gasteiger partial charge in [-0.3, -0.25) is 9.78 Å². The average molecular weight is 445 g/mol. The number of alkyl halides is 6. The normalized spacial score (nSPS) is 14.9. The van der Waals surface area contributed by atoms with Crippen LogP contribution in [-0.2, 0) is 25.9 Å². The van der Waals surface area contributed by atoms with E-state index < -0.39 is 58.6 Å². The Morgan fingerprint density at radius 1 is 1.24 bits per heavy atom. The second-order valence-corrected chi connectivity index (χ2v) is 6.86. The van der Waals surface area contributed by atoms with Gasteiger partial charge in [-0.2, -0.15) is 35.8 Å². The number of halogens is 8. The van der Waals surface area contributed by atoms with Crippen molar-refractivity contribution in [1.29, 1.82) is 0 Å². The summed E-state index contributed by atoms with van der Waals surface area (Å²) in [6, 6.07) is 0.0916. The van der Waals surface area contributed by atoms with Crippen LogP contribution in [0.3, 0.4) is 0 Å². The standard InChI is InChI=1S/C16H12ClF7N4O/c1-27-13(18)11(12(26-27)16(22,23)24)14(29)28(8-2-3-8)6-10-9(17)4-7(5-25-10)15(19,20)21/h4-5,8H,2-3,6H2,1H3. The van der Waals surface area contributed by atoms with Crippen LogP contribution in [0.5, 0.6) is 0 Å². The molecule has 2 heterocycles. The highest BCUT2D eigenvalue weighted by molar-refractivity contribution is 6.31. The molecule has 13 heteroatoms. The summed E-state index contributed by atoms with van der Waals surface area (Å²) in [4.78, 5) is 17.3. The van der Waals surface area contributed by atoms with Crippen LogP contribution >= 0.6 is 11.6 Å². The molecule has 1 fully saturated rings. The topological polar surface area (TPSA) is 51.0 Å². The van der Waals surface area contributed by atoms with Crippen molar-refractivity contribution in [3.63, 3.8) is 0 Å². The van der Waals surface area contributed by atoms with E-state index in [4.69, 9.17) is 11.6 Å². The van der Waals surface area contributed by atoms with E-state index in [9.17, 15) is 35.5 Å².